The minimum absolute atomic E-state index is 0.0264. The van der Waals surface area contributed by atoms with Gasteiger partial charge in [0.15, 0.2) is 5.92 Å². The van der Waals surface area contributed by atoms with Crippen LogP contribution in [0, 0.1) is 5.92 Å². The predicted octanol–water partition coefficient (Wildman–Crippen LogP) is 1.74. The molecule has 3 rings (SSSR count). The van der Waals surface area contributed by atoms with Gasteiger partial charge in [0.1, 0.15) is 0 Å². The lowest BCUT2D eigenvalue weighted by Gasteiger charge is -2.37. The highest BCUT2D eigenvalue weighted by atomic mass is 16.2. The fraction of sp³-hybridized carbons (Fsp3) is 0.778. The van der Waals surface area contributed by atoms with Crippen molar-refractivity contribution in [2.24, 2.45) is 16.6 Å². The summed E-state index contributed by atoms with van der Waals surface area (Å²) < 4.78 is 0. The van der Waals surface area contributed by atoms with Crippen LogP contribution >= 0.6 is 0 Å². The van der Waals surface area contributed by atoms with Gasteiger partial charge in [-0.05, 0) is 32.6 Å². The first-order valence-electron chi connectivity index (χ1n) is 9.47. The number of hydrogen-bond acceptors (Lipinski definition) is 5. The van der Waals surface area contributed by atoms with Crippen LogP contribution in [0.15, 0.2) is 4.99 Å². The van der Waals surface area contributed by atoms with E-state index in [1.165, 1.54) is 4.90 Å². The topological polar surface area (TPSA) is 105 Å². The second-order valence-corrected chi connectivity index (χ2v) is 7.51. The van der Waals surface area contributed by atoms with Crippen LogP contribution < -0.4 is 11.1 Å². The molecule has 3 N–H and O–H groups in total. The first-order valence-corrected chi connectivity index (χ1v) is 9.47. The lowest BCUT2D eigenvalue weighted by Crippen LogP contribution is -2.62. The molecule has 3 aliphatic rings. The molecule has 2 saturated carbocycles. The fourth-order valence-corrected chi connectivity index (χ4v) is 4.28. The Morgan fingerprint density at radius 3 is 2.36 bits per heavy atom. The van der Waals surface area contributed by atoms with Gasteiger partial charge in [0.05, 0.1) is 6.04 Å². The molecule has 2 aliphatic carbocycles. The van der Waals surface area contributed by atoms with Crippen LogP contribution in [0.1, 0.15) is 64.7 Å². The third-order valence-corrected chi connectivity index (χ3v) is 5.70. The number of nitrogens with zero attached hydrogens (tertiary/aromatic N) is 2. The van der Waals surface area contributed by atoms with Gasteiger partial charge in [0.2, 0.25) is 11.8 Å². The molecule has 138 valence electrons. The Bertz CT molecular complexity index is 583. The number of nitrogens with two attached hydrogens (primary N) is 1. The minimum Gasteiger partial charge on any atom is -0.326 e. The van der Waals surface area contributed by atoms with Crippen LogP contribution in [-0.4, -0.2) is 46.6 Å². The number of imide groups is 2. The fourth-order valence-electron chi connectivity index (χ4n) is 4.28. The molecule has 1 saturated heterocycles. The summed E-state index contributed by atoms with van der Waals surface area (Å²) in [5.41, 5.74) is 6.61. The normalized spacial score (nSPS) is 32.7. The van der Waals surface area contributed by atoms with E-state index in [2.05, 4.69) is 10.3 Å². The van der Waals surface area contributed by atoms with Crippen molar-refractivity contribution in [1.29, 1.82) is 0 Å². The maximum atomic E-state index is 12.9. The van der Waals surface area contributed by atoms with Crippen LogP contribution in [-0.2, 0) is 9.59 Å². The smallest absolute Gasteiger partial charge is 0.326 e. The van der Waals surface area contributed by atoms with E-state index in [-0.39, 0.29) is 18.1 Å². The average Bonchev–Trinajstić information content (AvgIpc) is 2.57. The SMILES string of the molecule is CC(=N[C@H]1CCCC[C@H]1N)C1C(=O)NC(=O)N(C2CCCCC2)C1=O. The molecule has 0 spiro atoms. The summed E-state index contributed by atoms with van der Waals surface area (Å²) in [4.78, 5) is 43.4. The van der Waals surface area contributed by atoms with Gasteiger partial charge in [-0.2, -0.15) is 0 Å². The Morgan fingerprint density at radius 1 is 1.04 bits per heavy atom. The van der Waals surface area contributed by atoms with Crippen molar-refractivity contribution in [1.82, 2.24) is 10.2 Å². The number of hydrogen-bond donors (Lipinski definition) is 2. The molecule has 1 unspecified atom stereocenters. The molecule has 1 aliphatic heterocycles. The third kappa shape index (κ3) is 3.76. The first kappa shape index (κ1) is 18.0. The van der Waals surface area contributed by atoms with Crippen LogP contribution in [0.5, 0.6) is 0 Å². The molecule has 4 amide bonds. The second-order valence-electron chi connectivity index (χ2n) is 7.51. The van der Waals surface area contributed by atoms with E-state index >= 15 is 0 Å². The Morgan fingerprint density at radius 2 is 1.68 bits per heavy atom. The average molecular weight is 348 g/mol. The molecule has 25 heavy (non-hydrogen) atoms. The summed E-state index contributed by atoms with van der Waals surface area (Å²) in [6.45, 7) is 1.71. The maximum Gasteiger partial charge on any atom is 0.331 e. The Kier molecular flexibility index (Phi) is 5.51. The van der Waals surface area contributed by atoms with Gasteiger partial charge in [-0.1, -0.05) is 32.1 Å². The van der Waals surface area contributed by atoms with E-state index in [0.29, 0.717) is 5.71 Å². The van der Waals surface area contributed by atoms with E-state index in [9.17, 15) is 14.4 Å². The monoisotopic (exact) mass is 348 g/mol. The summed E-state index contributed by atoms with van der Waals surface area (Å²) in [7, 11) is 0. The zero-order valence-corrected chi connectivity index (χ0v) is 14.9. The van der Waals surface area contributed by atoms with Gasteiger partial charge in [0.25, 0.3) is 0 Å². The highest BCUT2D eigenvalue weighted by molar-refractivity contribution is 6.27. The van der Waals surface area contributed by atoms with E-state index in [1.54, 1.807) is 6.92 Å². The summed E-state index contributed by atoms with van der Waals surface area (Å²) in [6.07, 6.45) is 8.71. The van der Waals surface area contributed by atoms with Crippen molar-refractivity contribution >= 4 is 23.6 Å². The highest BCUT2D eigenvalue weighted by Gasteiger charge is 2.45. The second kappa shape index (κ2) is 7.64. The number of rotatable bonds is 3. The van der Waals surface area contributed by atoms with Gasteiger partial charge in [-0.15, -0.1) is 0 Å². The molecule has 0 bridgehead atoms. The number of amides is 4. The van der Waals surface area contributed by atoms with Crippen molar-refractivity contribution in [3.8, 4) is 0 Å². The van der Waals surface area contributed by atoms with E-state index in [0.717, 1.165) is 57.8 Å². The standard InChI is InChI=1S/C18H28N4O3/c1-11(20-14-10-6-5-9-13(14)19)15-16(23)21-18(25)22(17(15)24)12-7-3-2-4-8-12/h12-15H,2-10,19H2,1H3,(H,21,23,25)/t13-,14+,15?/m1/s1. The van der Waals surface area contributed by atoms with E-state index < -0.39 is 23.8 Å². The van der Waals surface area contributed by atoms with Crippen molar-refractivity contribution in [2.45, 2.75) is 82.8 Å². The zero-order valence-electron chi connectivity index (χ0n) is 14.9. The molecular formula is C18H28N4O3. The molecule has 0 radical (unpaired) electrons. The van der Waals surface area contributed by atoms with E-state index in [4.69, 9.17) is 5.73 Å². The molecule has 0 aromatic carbocycles. The quantitative estimate of drug-likeness (QED) is 0.598. The number of urea groups is 1. The van der Waals surface area contributed by atoms with Crippen molar-refractivity contribution < 1.29 is 14.4 Å². The molecule has 0 aromatic rings. The Balaban J connectivity index is 1.80. The number of nitrogens with one attached hydrogen (secondary N) is 1. The van der Waals surface area contributed by atoms with Crippen LogP contribution in [0.3, 0.4) is 0 Å². The lowest BCUT2D eigenvalue weighted by molar-refractivity contribution is -0.141. The summed E-state index contributed by atoms with van der Waals surface area (Å²) in [6, 6.07) is -0.765. The van der Waals surface area contributed by atoms with Gasteiger partial charge in [-0.3, -0.25) is 24.8 Å². The Labute approximate surface area is 148 Å². The van der Waals surface area contributed by atoms with Crippen molar-refractivity contribution in [3.05, 3.63) is 0 Å². The molecular weight excluding hydrogens is 320 g/mol. The van der Waals surface area contributed by atoms with Crippen molar-refractivity contribution in [2.75, 3.05) is 0 Å². The molecule has 3 atom stereocenters. The van der Waals surface area contributed by atoms with Gasteiger partial charge >= 0.3 is 6.03 Å². The lowest BCUT2D eigenvalue weighted by atomic mass is 9.89. The molecule has 7 heteroatoms. The van der Waals surface area contributed by atoms with Crippen LogP contribution in [0.2, 0.25) is 0 Å². The first-order chi connectivity index (χ1) is 12.0. The molecule has 0 aromatic heterocycles. The zero-order chi connectivity index (χ0) is 18.0. The maximum absolute atomic E-state index is 12.9. The van der Waals surface area contributed by atoms with Crippen LogP contribution in [0.25, 0.3) is 0 Å². The molecule has 3 fully saturated rings. The number of barbiturate groups is 1. The van der Waals surface area contributed by atoms with E-state index in [1.807, 2.05) is 0 Å². The highest BCUT2D eigenvalue weighted by Crippen LogP contribution is 2.27. The molecule has 1 heterocycles. The number of aliphatic imine (C=N–C) groups is 1. The summed E-state index contributed by atoms with van der Waals surface area (Å²) in [5.74, 6) is -1.99. The number of carbonyl (C=O) groups excluding carboxylic acids is 3. The molecule has 7 nitrogen and oxygen atoms in total. The predicted molar refractivity (Wildman–Crippen MR) is 94.1 cm³/mol. The van der Waals surface area contributed by atoms with Gasteiger partial charge in [0, 0.05) is 17.8 Å². The van der Waals surface area contributed by atoms with Crippen LogP contribution in [0.4, 0.5) is 4.79 Å². The minimum atomic E-state index is -1.01. The van der Waals surface area contributed by atoms with Crippen molar-refractivity contribution in [3.63, 3.8) is 0 Å². The largest absolute Gasteiger partial charge is 0.331 e. The Hall–Kier alpha value is -1.76. The summed E-state index contributed by atoms with van der Waals surface area (Å²) in [5, 5.41) is 2.35. The third-order valence-electron chi connectivity index (χ3n) is 5.70. The van der Waals surface area contributed by atoms with Gasteiger partial charge in [-0.25, -0.2) is 4.79 Å². The van der Waals surface area contributed by atoms with Gasteiger partial charge < -0.3 is 5.73 Å². The number of carbonyl (C=O) groups is 3. The summed E-state index contributed by atoms with van der Waals surface area (Å²) >= 11 is 0.